The molecule has 5 heteroatoms. The third-order valence-electron chi connectivity index (χ3n) is 4.24. The van der Waals surface area contributed by atoms with Crippen molar-refractivity contribution in [2.45, 2.75) is 33.7 Å². The molecular weight excluding hydrogens is 328 g/mol. The van der Waals surface area contributed by atoms with Crippen molar-refractivity contribution in [3.05, 3.63) is 59.2 Å². The van der Waals surface area contributed by atoms with E-state index < -0.39 is 0 Å². The van der Waals surface area contributed by atoms with E-state index in [0.29, 0.717) is 13.1 Å². The molecule has 0 aliphatic carbocycles. The predicted molar refractivity (Wildman–Crippen MR) is 103 cm³/mol. The van der Waals surface area contributed by atoms with E-state index in [9.17, 15) is 9.59 Å². The summed E-state index contributed by atoms with van der Waals surface area (Å²) in [6.07, 6.45) is 0.253. The molecule has 0 spiro atoms. The van der Waals surface area contributed by atoms with E-state index in [1.165, 1.54) is 6.92 Å². The summed E-state index contributed by atoms with van der Waals surface area (Å²) in [7, 11) is 1.62. The van der Waals surface area contributed by atoms with Gasteiger partial charge in [-0.2, -0.15) is 0 Å². The summed E-state index contributed by atoms with van der Waals surface area (Å²) in [6, 6.07) is 13.5. The highest BCUT2D eigenvalue weighted by molar-refractivity contribution is 5.91. The standard InChI is InChI=1S/C21H26N2O3/c1-15-5-10-20(16(2)13-15)22-21(25)11-12-23(17(3)24)14-18-6-8-19(26-4)9-7-18/h5-10,13H,11-12,14H2,1-4H3,(H,22,25). The van der Waals surface area contributed by atoms with E-state index in [-0.39, 0.29) is 18.2 Å². The topological polar surface area (TPSA) is 58.6 Å². The molecule has 2 rings (SSSR count). The molecule has 26 heavy (non-hydrogen) atoms. The van der Waals surface area contributed by atoms with Crippen LogP contribution in [0.15, 0.2) is 42.5 Å². The average Bonchev–Trinajstić information content (AvgIpc) is 2.61. The van der Waals surface area contributed by atoms with Crippen molar-refractivity contribution in [1.82, 2.24) is 4.90 Å². The molecule has 0 saturated carbocycles. The molecule has 2 amide bonds. The van der Waals surface area contributed by atoms with Crippen LogP contribution < -0.4 is 10.1 Å². The second-order valence-electron chi connectivity index (χ2n) is 6.41. The third-order valence-corrected chi connectivity index (χ3v) is 4.24. The Balaban J connectivity index is 1.92. The number of rotatable bonds is 7. The minimum absolute atomic E-state index is 0.0554. The van der Waals surface area contributed by atoms with Gasteiger partial charge >= 0.3 is 0 Å². The summed E-state index contributed by atoms with van der Waals surface area (Å²) in [4.78, 5) is 25.8. The first-order valence-corrected chi connectivity index (χ1v) is 8.64. The predicted octanol–water partition coefficient (Wildman–Crippen LogP) is 3.69. The lowest BCUT2D eigenvalue weighted by molar-refractivity contribution is -0.129. The van der Waals surface area contributed by atoms with Gasteiger partial charge in [0.25, 0.3) is 0 Å². The lowest BCUT2D eigenvalue weighted by Crippen LogP contribution is -2.31. The summed E-state index contributed by atoms with van der Waals surface area (Å²) in [6.45, 7) is 6.34. The fourth-order valence-electron chi connectivity index (χ4n) is 2.70. The van der Waals surface area contributed by atoms with Gasteiger partial charge in [0.05, 0.1) is 7.11 Å². The molecule has 0 bridgehead atoms. The van der Waals surface area contributed by atoms with Crippen molar-refractivity contribution in [2.24, 2.45) is 0 Å². The molecule has 0 atom stereocenters. The number of carbonyl (C=O) groups excluding carboxylic acids is 2. The van der Waals surface area contributed by atoms with Gasteiger partial charge in [-0.3, -0.25) is 9.59 Å². The molecule has 0 aliphatic rings. The van der Waals surface area contributed by atoms with Crippen LogP contribution in [0, 0.1) is 13.8 Å². The maximum absolute atomic E-state index is 12.2. The quantitative estimate of drug-likeness (QED) is 0.825. The second-order valence-corrected chi connectivity index (χ2v) is 6.41. The fourth-order valence-corrected chi connectivity index (χ4v) is 2.70. The normalized spacial score (nSPS) is 10.3. The van der Waals surface area contributed by atoms with Crippen LogP contribution >= 0.6 is 0 Å². The first kappa shape index (κ1) is 19.5. The monoisotopic (exact) mass is 354 g/mol. The van der Waals surface area contributed by atoms with E-state index in [0.717, 1.165) is 28.1 Å². The molecule has 2 aromatic rings. The van der Waals surface area contributed by atoms with Crippen molar-refractivity contribution < 1.29 is 14.3 Å². The number of methoxy groups -OCH3 is 1. The Morgan fingerprint density at radius 2 is 1.77 bits per heavy atom. The zero-order valence-electron chi connectivity index (χ0n) is 15.8. The highest BCUT2D eigenvalue weighted by atomic mass is 16.5. The van der Waals surface area contributed by atoms with Gasteiger partial charge in [-0.1, -0.05) is 29.8 Å². The largest absolute Gasteiger partial charge is 0.497 e. The number of hydrogen-bond acceptors (Lipinski definition) is 3. The summed E-state index contributed by atoms with van der Waals surface area (Å²) in [5, 5.41) is 2.92. The number of ether oxygens (including phenoxy) is 1. The highest BCUT2D eigenvalue weighted by Gasteiger charge is 2.13. The number of amides is 2. The zero-order valence-corrected chi connectivity index (χ0v) is 15.8. The number of carbonyl (C=O) groups is 2. The molecule has 5 nitrogen and oxygen atoms in total. The van der Waals surface area contributed by atoms with Gasteiger partial charge in [-0.25, -0.2) is 0 Å². The Morgan fingerprint density at radius 3 is 2.35 bits per heavy atom. The van der Waals surface area contributed by atoms with Crippen LogP contribution in [0.5, 0.6) is 5.75 Å². The SMILES string of the molecule is COc1ccc(CN(CCC(=O)Nc2ccc(C)cc2C)C(C)=O)cc1. The number of nitrogens with zero attached hydrogens (tertiary/aromatic N) is 1. The van der Waals surface area contributed by atoms with Crippen molar-refractivity contribution in [3.63, 3.8) is 0 Å². The maximum Gasteiger partial charge on any atom is 0.226 e. The number of aryl methyl sites for hydroxylation is 2. The molecule has 0 radical (unpaired) electrons. The van der Waals surface area contributed by atoms with Crippen molar-refractivity contribution >= 4 is 17.5 Å². The lowest BCUT2D eigenvalue weighted by Gasteiger charge is -2.21. The molecule has 0 fully saturated rings. The Labute approximate surface area is 155 Å². The van der Waals surface area contributed by atoms with Gasteiger partial charge in [-0.05, 0) is 43.2 Å². The van der Waals surface area contributed by atoms with Crippen molar-refractivity contribution in [1.29, 1.82) is 0 Å². The number of hydrogen-bond donors (Lipinski definition) is 1. The molecule has 1 N–H and O–H groups in total. The lowest BCUT2D eigenvalue weighted by atomic mass is 10.1. The molecule has 2 aromatic carbocycles. The molecule has 138 valence electrons. The van der Waals surface area contributed by atoms with Gasteiger partial charge in [0, 0.05) is 32.1 Å². The average molecular weight is 354 g/mol. The first-order chi connectivity index (χ1) is 12.4. The Kier molecular flexibility index (Phi) is 6.78. The second kappa shape index (κ2) is 9.04. The van der Waals surface area contributed by atoms with E-state index in [1.54, 1.807) is 12.0 Å². The van der Waals surface area contributed by atoms with Crippen LogP contribution in [0.4, 0.5) is 5.69 Å². The van der Waals surface area contributed by atoms with Crippen LogP contribution in [0.2, 0.25) is 0 Å². The van der Waals surface area contributed by atoms with Crippen LogP contribution in [0.3, 0.4) is 0 Å². The van der Waals surface area contributed by atoms with E-state index >= 15 is 0 Å². The molecule has 0 saturated heterocycles. The summed E-state index contributed by atoms with van der Waals surface area (Å²) in [5.41, 5.74) is 3.99. The van der Waals surface area contributed by atoms with Gasteiger partial charge in [-0.15, -0.1) is 0 Å². The Bertz CT molecular complexity index is 769. The van der Waals surface area contributed by atoms with Crippen molar-refractivity contribution in [3.8, 4) is 5.75 Å². The van der Waals surface area contributed by atoms with Gasteiger partial charge in [0.2, 0.25) is 11.8 Å². The van der Waals surface area contributed by atoms with Crippen LogP contribution in [0.25, 0.3) is 0 Å². The van der Waals surface area contributed by atoms with Gasteiger partial charge < -0.3 is 15.0 Å². The Morgan fingerprint density at radius 1 is 1.08 bits per heavy atom. The number of anilines is 1. The minimum atomic E-state index is -0.0991. The summed E-state index contributed by atoms with van der Waals surface area (Å²) >= 11 is 0. The smallest absolute Gasteiger partial charge is 0.226 e. The maximum atomic E-state index is 12.2. The number of benzene rings is 2. The van der Waals surface area contributed by atoms with Crippen LogP contribution in [-0.4, -0.2) is 30.4 Å². The first-order valence-electron chi connectivity index (χ1n) is 8.64. The number of nitrogens with one attached hydrogen (secondary N) is 1. The summed E-state index contributed by atoms with van der Waals surface area (Å²) in [5.74, 6) is 0.619. The van der Waals surface area contributed by atoms with E-state index in [2.05, 4.69) is 5.32 Å². The molecule has 0 aliphatic heterocycles. The molecule has 0 unspecified atom stereocenters. The third kappa shape index (κ3) is 5.62. The van der Waals surface area contributed by atoms with Crippen LogP contribution in [-0.2, 0) is 16.1 Å². The molecule has 0 aromatic heterocycles. The summed E-state index contributed by atoms with van der Waals surface area (Å²) < 4.78 is 5.14. The van der Waals surface area contributed by atoms with Crippen molar-refractivity contribution in [2.75, 3.05) is 19.0 Å². The molecule has 0 heterocycles. The fraction of sp³-hybridized carbons (Fsp3) is 0.333. The van der Waals surface area contributed by atoms with E-state index in [1.807, 2.05) is 56.3 Å². The highest BCUT2D eigenvalue weighted by Crippen LogP contribution is 2.17. The van der Waals surface area contributed by atoms with Crippen LogP contribution in [0.1, 0.15) is 30.0 Å². The molecular formula is C21H26N2O3. The Hall–Kier alpha value is -2.82. The van der Waals surface area contributed by atoms with E-state index in [4.69, 9.17) is 4.74 Å². The zero-order chi connectivity index (χ0) is 19.1. The van der Waals surface area contributed by atoms with Gasteiger partial charge in [0.15, 0.2) is 0 Å². The minimum Gasteiger partial charge on any atom is -0.497 e. The van der Waals surface area contributed by atoms with Gasteiger partial charge in [0.1, 0.15) is 5.75 Å².